The number of sulfone groups is 1. The lowest BCUT2D eigenvalue weighted by Gasteiger charge is -2.28. The van der Waals surface area contributed by atoms with Gasteiger partial charge in [-0.1, -0.05) is 18.2 Å². The second-order valence-electron chi connectivity index (χ2n) is 6.64. The first-order chi connectivity index (χ1) is 12.4. The minimum absolute atomic E-state index is 0.311. The molecule has 1 aromatic heterocycles. The molecule has 1 aliphatic heterocycles. The van der Waals surface area contributed by atoms with Crippen LogP contribution in [-0.4, -0.2) is 53.4 Å². The van der Waals surface area contributed by atoms with Gasteiger partial charge in [0.1, 0.15) is 21.7 Å². The average molecular weight is 379 g/mol. The average Bonchev–Trinajstić information content (AvgIpc) is 2.99. The number of benzene rings is 1. The Labute approximate surface area is 154 Å². The maximum atomic E-state index is 11.4. The molecule has 0 aliphatic carbocycles. The number of ether oxygens (including phenoxy) is 1. The van der Waals surface area contributed by atoms with Crippen molar-refractivity contribution in [3.05, 3.63) is 47.3 Å². The summed E-state index contributed by atoms with van der Waals surface area (Å²) in [5.74, 6) is 0.591. The number of aromatic nitrogens is 2. The fraction of sp³-hybridized carbons (Fsp3) is 0.500. The number of fused-ring (bicyclic) bond motifs is 1. The van der Waals surface area contributed by atoms with Crippen molar-refractivity contribution < 1.29 is 18.3 Å². The van der Waals surface area contributed by atoms with Crippen molar-refractivity contribution >= 4 is 9.84 Å². The molecule has 26 heavy (non-hydrogen) atoms. The molecule has 2 aromatic rings. The summed E-state index contributed by atoms with van der Waals surface area (Å²) >= 11 is 0. The lowest BCUT2D eigenvalue weighted by molar-refractivity contribution is 0.190. The van der Waals surface area contributed by atoms with E-state index in [1.165, 1.54) is 0 Å². The zero-order chi connectivity index (χ0) is 18.7. The van der Waals surface area contributed by atoms with Crippen molar-refractivity contribution in [2.75, 3.05) is 25.2 Å². The highest BCUT2D eigenvalue weighted by Gasteiger charge is 2.23. The van der Waals surface area contributed by atoms with Gasteiger partial charge in [0.15, 0.2) is 0 Å². The van der Waals surface area contributed by atoms with Gasteiger partial charge in [0.25, 0.3) is 0 Å². The van der Waals surface area contributed by atoms with E-state index >= 15 is 0 Å². The number of para-hydroxylation sites is 1. The molecule has 0 spiro atoms. The normalized spacial score (nSPS) is 16.3. The minimum atomic E-state index is -3.26. The molecule has 2 heterocycles. The molecule has 0 fully saturated rings. The molecular formula is C18H25N3O4S. The van der Waals surface area contributed by atoms with Gasteiger partial charge in [-0.3, -0.25) is 9.58 Å². The van der Waals surface area contributed by atoms with Crippen LogP contribution in [0.3, 0.4) is 0 Å². The summed E-state index contributed by atoms with van der Waals surface area (Å²) in [6, 6.07) is 9.82. The summed E-state index contributed by atoms with van der Waals surface area (Å²) in [6.07, 6.45) is 0.0271. The van der Waals surface area contributed by atoms with Crippen molar-refractivity contribution in [1.29, 1.82) is 0 Å². The van der Waals surface area contributed by atoms with E-state index < -0.39 is 15.9 Å². The third-order valence-electron chi connectivity index (χ3n) is 4.36. The van der Waals surface area contributed by atoms with E-state index in [1.54, 1.807) is 6.07 Å². The molecule has 0 saturated carbocycles. The quantitative estimate of drug-likeness (QED) is 0.782. The van der Waals surface area contributed by atoms with Crippen LogP contribution in [0.4, 0.5) is 0 Å². The van der Waals surface area contributed by atoms with E-state index in [2.05, 4.69) is 16.1 Å². The molecule has 8 heteroatoms. The van der Waals surface area contributed by atoms with Gasteiger partial charge in [0.05, 0.1) is 30.3 Å². The highest BCUT2D eigenvalue weighted by molar-refractivity contribution is 7.90. The summed E-state index contributed by atoms with van der Waals surface area (Å²) in [4.78, 5) is 2.29. The van der Waals surface area contributed by atoms with E-state index in [9.17, 15) is 13.5 Å². The smallest absolute Gasteiger partial charge is 0.150 e. The van der Waals surface area contributed by atoms with Gasteiger partial charge in [0, 0.05) is 31.5 Å². The topological polar surface area (TPSA) is 84.7 Å². The van der Waals surface area contributed by atoms with Gasteiger partial charge in [-0.15, -0.1) is 0 Å². The summed E-state index contributed by atoms with van der Waals surface area (Å²) in [5, 5.41) is 14.5. The molecule has 142 valence electrons. The SMILES string of the molecule is CCOc1ccccc1CN1CCn2nc([C@@H](O)CS(C)(=O)=O)cc2C1. The predicted molar refractivity (Wildman–Crippen MR) is 98.6 cm³/mol. The van der Waals surface area contributed by atoms with E-state index in [0.717, 1.165) is 36.4 Å². The Kier molecular flexibility index (Phi) is 5.64. The maximum absolute atomic E-state index is 11.4. The molecular weight excluding hydrogens is 354 g/mol. The van der Waals surface area contributed by atoms with E-state index in [1.807, 2.05) is 29.8 Å². The van der Waals surface area contributed by atoms with Crippen LogP contribution in [0.25, 0.3) is 0 Å². The predicted octanol–water partition coefficient (Wildman–Crippen LogP) is 1.38. The van der Waals surface area contributed by atoms with Gasteiger partial charge in [0.2, 0.25) is 0 Å². The van der Waals surface area contributed by atoms with Crippen LogP contribution < -0.4 is 4.74 Å². The van der Waals surface area contributed by atoms with Crippen LogP contribution in [0, 0.1) is 0 Å². The molecule has 1 aromatic carbocycles. The number of hydrogen-bond acceptors (Lipinski definition) is 6. The monoisotopic (exact) mass is 379 g/mol. The number of aliphatic hydroxyl groups is 1. The molecule has 1 aliphatic rings. The third kappa shape index (κ3) is 4.63. The van der Waals surface area contributed by atoms with Crippen LogP contribution in [-0.2, 0) is 29.5 Å². The summed E-state index contributed by atoms with van der Waals surface area (Å²) < 4.78 is 30.3. The molecule has 0 bridgehead atoms. The Balaban J connectivity index is 1.70. The van der Waals surface area contributed by atoms with Gasteiger partial charge >= 0.3 is 0 Å². The Morgan fingerprint density at radius 3 is 2.81 bits per heavy atom. The molecule has 0 radical (unpaired) electrons. The van der Waals surface area contributed by atoms with E-state index in [-0.39, 0.29) is 5.75 Å². The van der Waals surface area contributed by atoms with Gasteiger partial charge < -0.3 is 9.84 Å². The van der Waals surface area contributed by atoms with E-state index in [0.29, 0.717) is 25.4 Å². The van der Waals surface area contributed by atoms with E-state index in [4.69, 9.17) is 4.74 Å². The molecule has 7 nitrogen and oxygen atoms in total. The number of hydrogen-bond donors (Lipinski definition) is 1. The second kappa shape index (κ2) is 7.77. The fourth-order valence-corrected chi connectivity index (χ4v) is 3.93. The highest BCUT2D eigenvalue weighted by atomic mass is 32.2. The number of nitrogens with zero attached hydrogens (tertiary/aromatic N) is 3. The van der Waals surface area contributed by atoms with Crippen molar-refractivity contribution in [3.8, 4) is 5.75 Å². The second-order valence-corrected chi connectivity index (χ2v) is 8.83. The maximum Gasteiger partial charge on any atom is 0.150 e. The van der Waals surface area contributed by atoms with Crippen LogP contribution in [0.5, 0.6) is 5.75 Å². The van der Waals surface area contributed by atoms with Crippen LogP contribution >= 0.6 is 0 Å². The Bertz CT molecular complexity index is 863. The molecule has 0 amide bonds. The van der Waals surface area contributed by atoms with Gasteiger partial charge in [-0.2, -0.15) is 5.10 Å². The van der Waals surface area contributed by atoms with Crippen molar-refractivity contribution in [2.24, 2.45) is 0 Å². The standard InChI is InChI=1S/C18H25N3O4S/c1-3-25-18-7-5-4-6-14(18)11-20-8-9-21-15(12-20)10-16(19-21)17(22)13-26(2,23)24/h4-7,10,17,22H,3,8-9,11-13H2,1-2H3/t17-/m0/s1. The highest BCUT2D eigenvalue weighted by Crippen LogP contribution is 2.24. The molecule has 1 atom stereocenters. The lowest BCUT2D eigenvalue weighted by Crippen LogP contribution is -2.33. The molecule has 0 unspecified atom stereocenters. The summed E-state index contributed by atoms with van der Waals surface area (Å²) in [5.41, 5.74) is 2.54. The van der Waals surface area contributed by atoms with Crippen LogP contribution in [0.1, 0.15) is 30.0 Å². The van der Waals surface area contributed by atoms with Crippen molar-refractivity contribution in [3.63, 3.8) is 0 Å². The van der Waals surface area contributed by atoms with Crippen LogP contribution in [0.2, 0.25) is 0 Å². The van der Waals surface area contributed by atoms with Gasteiger partial charge in [-0.25, -0.2) is 8.42 Å². The zero-order valence-electron chi connectivity index (χ0n) is 15.1. The first kappa shape index (κ1) is 18.9. The van der Waals surface area contributed by atoms with Crippen molar-refractivity contribution in [1.82, 2.24) is 14.7 Å². The summed E-state index contributed by atoms with van der Waals surface area (Å²) in [6.45, 7) is 5.60. The van der Waals surface area contributed by atoms with Crippen molar-refractivity contribution in [2.45, 2.75) is 32.7 Å². The Morgan fingerprint density at radius 1 is 1.31 bits per heavy atom. The first-order valence-corrected chi connectivity index (χ1v) is 10.8. The molecule has 3 rings (SSSR count). The lowest BCUT2D eigenvalue weighted by atomic mass is 10.1. The largest absolute Gasteiger partial charge is 0.494 e. The first-order valence-electron chi connectivity index (χ1n) is 8.71. The third-order valence-corrected chi connectivity index (χ3v) is 5.29. The minimum Gasteiger partial charge on any atom is -0.494 e. The fourth-order valence-electron chi connectivity index (χ4n) is 3.18. The Morgan fingerprint density at radius 2 is 2.08 bits per heavy atom. The zero-order valence-corrected chi connectivity index (χ0v) is 15.9. The summed E-state index contributed by atoms with van der Waals surface area (Å²) in [7, 11) is -3.26. The molecule has 1 N–H and O–H groups in total. The van der Waals surface area contributed by atoms with Gasteiger partial charge in [-0.05, 0) is 19.1 Å². The Hall–Kier alpha value is -1.90. The number of aliphatic hydroxyl groups excluding tert-OH is 1. The number of rotatable bonds is 7. The van der Waals surface area contributed by atoms with Crippen LogP contribution in [0.15, 0.2) is 30.3 Å². The molecule has 0 saturated heterocycles.